The number of nitrogens with zero attached hydrogens (tertiary/aromatic N) is 1. The van der Waals surface area contributed by atoms with Crippen LogP contribution in [0.15, 0.2) is 72.9 Å². The minimum atomic E-state index is -4.37. The monoisotopic (exact) mass is 343 g/mol. The van der Waals surface area contributed by atoms with E-state index in [4.69, 9.17) is 0 Å². The highest BCUT2D eigenvalue weighted by atomic mass is 19.4. The lowest BCUT2D eigenvalue weighted by Crippen LogP contribution is -2.20. The van der Waals surface area contributed by atoms with E-state index in [0.29, 0.717) is 17.8 Å². The maximum absolute atomic E-state index is 12.8. The molecule has 6 heteroatoms. The highest BCUT2D eigenvalue weighted by molar-refractivity contribution is 5.60. The highest BCUT2D eigenvalue weighted by Crippen LogP contribution is 2.31. The van der Waals surface area contributed by atoms with Gasteiger partial charge in [-0.25, -0.2) is 5.43 Å². The maximum Gasteiger partial charge on any atom is 0.416 e. The van der Waals surface area contributed by atoms with Crippen LogP contribution in [0.3, 0.4) is 0 Å². The molecule has 0 amide bonds. The van der Waals surface area contributed by atoms with Crippen molar-refractivity contribution >= 4 is 5.69 Å². The molecule has 0 spiro atoms. The van der Waals surface area contributed by atoms with Gasteiger partial charge in [-0.05, 0) is 29.8 Å². The third-order valence-electron chi connectivity index (χ3n) is 3.64. The fourth-order valence-electron chi connectivity index (χ4n) is 2.33. The number of rotatable bonds is 5. The molecule has 3 rings (SSSR count). The summed E-state index contributed by atoms with van der Waals surface area (Å²) in [4.78, 5) is 4.03. The van der Waals surface area contributed by atoms with Crippen molar-refractivity contribution in [1.29, 1.82) is 0 Å². The van der Waals surface area contributed by atoms with Crippen LogP contribution in [-0.2, 0) is 12.7 Å². The van der Waals surface area contributed by atoms with Crippen molar-refractivity contribution in [1.82, 2.24) is 10.4 Å². The maximum atomic E-state index is 12.8. The Morgan fingerprint density at radius 3 is 2.28 bits per heavy atom. The molecule has 2 N–H and O–H groups in total. The average Bonchev–Trinajstić information content (AvgIpc) is 2.63. The molecule has 0 saturated carbocycles. The minimum absolute atomic E-state index is 0.303. The molecule has 0 atom stereocenters. The number of aromatic nitrogens is 1. The largest absolute Gasteiger partial charge is 0.416 e. The van der Waals surface area contributed by atoms with Gasteiger partial charge in [-0.1, -0.05) is 42.5 Å². The molecule has 0 unspecified atom stereocenters. The third kappa shape index (κ3) is 4.58. The molecule has 3 nitrogen and oxygen atoms in total. The van der Waals surface area contributed by atoms with E-state index in [2.05, 4.69) is 15.8 Å². The van der Waals surface area contributed by atoms with Gasteiger partial charge in [0.2, 0.25) is 0 Å². The highest BCUT2D eigenvalue weighted by Gasteiger charge is 2.30. The van der Waals surface area contributed by atoms with Crippen LogP contribution in [0.4, 0.5) is 18.9 Å². The van der Waals surface area contributed by atoms with Crippen LogP contribution in [-0.4, -0.2) is 4.98 Å². The zero-order valence-corrected chi connectivity index (χ0v) is 13.2. The quantitative estimate of drug-likeness (QED) is 0.648. The first-order valence-corrected chi connectivity index (χ1v) is 7.69. The molecule has 2 aromatic carbocycles. The van der Waals surface area contributed by atoms with E-state index in [1.165, 1.54) is 6.20 Å². The Hall–Kier alpha value is -2.86. The van der Waals surface area contributed by atoms with E-state index >= 15 is 0 Å². The molecular weight excluding hydrogens is 327 g/mol. The Morgan fingerprint density at radius 1 is 0.880 bits per heavy atom. The zero-order valence-electron chi connectivity index (χ0n) is 13.2. The van der Waals surface area contributed by atoms with Crippen molar-refractivity contribution in [2.24, 2.45) is 0 Å². The van der Waals surface area contributed by atoms with Gasteiger partial charge in [-0.2, -0.15) is 13.2 Å². The Labute approximate surface area is 143 Å². The first kappa shape index (κ1) is 17.0. The number of anilines is 1. The predicted octanol–water partition coefficient (Wildman–Crippen LogP) is 4.88. The van der Waals surface area contributed by atoms with Crippen molar-refractivity contribution < 1.29 is 13.2 Å². The van der Waals surface area contributed by atoms with Crippen LogP contribution in [0.2, 0.25) is 0 Å². The summed E-state index contributed by atoms with van der Waals surface area (Å²) in [6.45, 7) is 0.575. The summed E-state index contributed by atoms with van der Waals surface area (Å²) in [5.41, 5.74) is 8.37. The first-order chi connectivity index (χ1) is 12.0. The number of hydrogen-bond donors (Lipinski definition) is 2. The lowest BCUT2D eigenvalue weighted by molar-refractivity contribution is -0.137. The molecule has 25 heavy (non-hydrogen) atoms. The van der Waals surface area contributed by atoms with Crippen LogP contribution < -0.4 is 10.9 Å². The van der Waals surface area contributed by atoms with Crippen molar-refractivity contribution in [2.45, 2.75) is 12.7 Å². The van der Waals surface area contributed by atoms with Crippen LogP contribution in [0.25, 0.3) is 11.3 Å². The molecule has 128 valence electrons. The molecule has 1 heterocycles. The lowest BCUT2D eigenvalue weighted by atomic mass is 10.1. The van der Waals surface area contributed by atoms with E-state index in [1.807, 2.05) is 42.5 Å². The van der Waals surface area contributed by atoms with E-state index in [1.54, 1.807) is 12.1 Å². The molecule has 3 aromatic rings. The molecule has 0 bridgehead atoms. The summed E-state index contributed by atoms with van der Waals surface area (Å²) in [5.74, 6) is 0. The van der Waals surface area contributed by atoms with Crippen LogP contribution in [0.5, 0.6) is 0 Å². The molecule has 0 aliphatic carbocycles. The number of hydrazine groups is 1. The number of hydrogen-bond acceptors (Lipinski definition) is 3. The van der Waals surface area contributed by atoms with Crippen LogP contribution in [0.1, 0.15) is 11.1 Å². The van der Waals surface area contributed by atoms with Gasteiger partial charge < -0.3 is 5.43 Å². The van der Waals surface area contributed by atoms with Crippen molar-refractivity contribution in [3.8, 4) is 11.3 Å². The molecule has 0 radical (unpaired) electrons. The molecule has 0 aliphatic rings. The molecule has 1 aromatic heterocycles. The van der Waals surface area contributed by atoms with Gasteiger partial charge in [0, 0.05) is 24.0 Å². The summed E-state index contributed by atoms with van der Waals surface area (Å²) in [6, 6.07) is 19.0. The Morgan fingerprint density at radius 2 is 1.60 bits per heavy atom. The Kier molecular flexibility index (Phi) is 5.00. The number of benzene rings is 2. The normalized spacial score (nSPS) is 11.3. The fraction of sp³-hybridized carbons (Fsp3) is 0.105. The molecule has 0 aliphatic heterocycles. The predicted molar refractivity (Wildman–Crippen MR) is 91.6 cm³/mol. The second kappa shape index (κ2) is 7.36. The average molecular weight is 343 g/mol. The number of halogens is 3. The topological polar surface area (TPSA) is 37.0 Å². The SMILES string of the molecule is FC(F)(F)c1ccnc(-c2ccc(CNNc3ccccc3)cc2)c1. The number of para-hydroxylation sites is 1. The molecule has 0 fully saturated rings. The fourth-order valence-corrected chi connectivity index (χ4v) is 2.33. The van der Waals surface area contributed by atoms with Gasteiger partial charge >= 0.3 is 6.18 Å². The van der Waals surface area contributed by atoms with Gasteiger partial charge in [-0.3, -0.25) is 4.98 Å². The van der Waals surface area contributed by atoms with E-state index in [9.17, 15) is 13.2 Å². The van der Waals surface area contributed by atoms with Gasteiger partial charge in [0.05, 0.1) is 11.3 Å². The lowest BCUT2D eigenvalue weighted by Gasteiger charge is -2.10. The zero-order chi connectivity index (χ0) is 17.7. The van der Waals surface area contributed by atoms with E-state index < -0.39 is 11.7 Å². The summed E-state index contributed by atoms with van der Waals surface area (Å²) in [6.07, 6.45) is -3.19. The van der Waals surface area contributed by atoms with Gasteiger partial charge in [0.25, 0.3) is 0 Å². The van der Waals surface area contributed by atoms with Crippen molar-refractivity contribution in [2.75, 3.05) is 5.43 Å². The first-order valence-electron chi connectivity index (χ1n) is 7.69. The second-order valence-electron chi connectivity index (χ2n) is 5.47. The van der Waals surface area contributed by atoms with Gasteiger partial charge in [-0.15, -0.1) is 0 Å². The summed E-state index contributed by atoms with van der Waals surface area (Å²) >= 11 is 0. The summed E-state index contributed by atoms with van der Waals surface area (Å²) in [5, 5.41) is 0. The van der Waals surface area contributed by atoms with Gasteiger partial charge in [0.15, 0.2) is 0 Å². The van der Waals surface area contributed by atoms with Gasteiger partial charge in [0.1, 0.15) is 0 Å². The van der Waals surface area contributed by atoms with E-state index in [0.717, 1.165) is 23.4 Å². The smallest absolute Gasteiger partial charge is 0.321 e. The van der Waals surface area contributed by atoms with Crippen LogP contribution >= 0.6 is 0 Å². The van der Waals surface area contributed by atoms with Crippen LogP contribution in [0, 0.1) is 0 Å². The standard InChI is InChI=1S/C19H16F3N3/c20-19(21,22)16-10-11-23-18(12-16)15-8-6-14(7-9-15)13-24-25-17-4-2-1-3-5-17/h1-12,24-25H,13H2. The summed E-state index contributed by atoms with van der Waals surface area (Å²) < 4.78 is 38.4. The van der Waals surface area contributed by atoms with E-state index in [-0.39, 0.29) is 0 Å². The Bertz CT molecular complexity index is 815. The summed E-state index contributed by atoms with van der Waals surface area (Å²) in [7, 11) is 0. The molecule has 0 saturated heterocycles. The third-order valence-corrected chi connectivity index (χ3v) is 3.64. The van der Waals surface area contributed by atoms with Crippen molar-refractivity contribution in [3.63, 3.8) is 0 Å². The minimum Gasteiger partial charge on any atom is -0.321 e. The van der Waals surface area contributed by atoms with Crippen molar-refractivity contribution in [3.05, 3.63) is 84.1 Å². The number of alkyl halides is 3. The number of pyridine rings is 1. The Balaban J connectivity index is 1.64. The second-order valence-corrected chi connectivity index (χ2v) is 5.47. The molecular formula is C19H16F3N3. The number of nitrogens with one attached hydrogen (secondary N) is 2.